The van der Waals surface area contributed by atoms with Gasteiger partial charge in [0, 0.05) is 32.5 Å². The Morgan fingerprint density at radius 1 is 1.04 bits per heavy atom. The Morgan fingerprint density at radius 2 is 1.58 bits per heavy atom. The van der Waals surface area contributed by atoms with E-state index in [4.69, 9.17) is 9.47 Å². The van der Waals surface area contributed by atoms with Crippen LogP contribution in [0.5, 0.6) is 0 Å². The highest BCUT2D eigenvalue weighted by atomic mass is 16.7. The summed E-state index contributed by atoms with van der Waals surface area (Å²) in [6, 6.07) is 6.76. The first-order valence-electron chi connectivity index (χ1n) is 7.93. The lowest BCUT2D eigenvalue weighted by Gasteiger charge is -2.29. The molecule has 6 heteroatoms. The summed E-state index contributed by atoms with van der Waals surface area (Å²) in [7, 11) is 0. The summed E-state index contributed by atoms with van der Waals surface area (Å²) in [5, 5.41) is 0. The first kappa shape index (κ1) is 16.2. The number of nitrogens with zero attached hydrogens (tertiary/aromatic N) is 1. The Balaban J connectivity index is 1.77. The summed E-state index contributed by atoms with van der Waals surface area (Å²) < 4.78 is 10.1. The van der Waals surface area contributed by atoms with Crippen LogP contribution in [0.25, 0.3) is 6.08 Å². The van der Waals surface area contributed by atoms with Gasteiger partial charge in [-0.05, 0) is 36.6 Å². The Kier molecular flexibility index (Phi) is 4.13. The number of esters is 2. The van der Waals surface area contributed by atoms with Crippen molar-refractivity contribution in [1.82, 2.24) is 4.90 Å². The zero-order chi connectivity index (χ0) is 17.3. The van der Waals surface area contributed by atoms with Crippen molar-refractivity contribution < 1.29 is 23.9 Å². The number of ether oxygens (including phenoxy) is 2. The van der Waals surface area contributed by atoms with E-state index in [0.717, 1.165) is 25.9 Å². The fourth-order valence-corrected chi connectivity index (χ4v) is 2.77. The number of hydrogen-bond donors (Lipinski definition) is 0. The maximum Gasteiger partial charge on any atom is 0.348 e. The summed E-state index contributed by atoms with van der Waals surface area (Å²) in [6.45, 7) is 4.58. The molecule has 2 saturated heterocycles. The number of amides is 1. The van der Waals surface area contributed by atoms with Gasteiger partial charge in [0.05, 0.1) is 0 Å². The van der Waals surface area contributed by atoms with Crippen LogP contribution in [-0.2, 0) is 19.1 Å². The molecule has 0 N–H and O–H groups in total. The SMILES string of the molecule is CC1(C)OC(=O)C(=Cc2ccc(C(=O)N3CCCC3)cc2)C(=O)O1. The molecule has 2 aliphatic heterocycles. The third-order valence-electron chi connectivity index (χ3n) is 3.98. The predicted molar refractivity (Wildman–Crippen MR) is 85.8 cm³/mol. The molecule has 6 nitrogen and oxygen atoms in total. The fraction of sp³-hybridized carbons (Fsp3) is 0.389. The minimum Gasteiger partial charge on any atom is -0.419 e. The van der Waals surface area contributed by atoms with Gasteiger partial charge in [-0.2, -0.15) is 0 Å². The number of carbonyl (C=O) groups excluding carboxylic acids is 3. The second kappa shape index (κ2) is 6.11. The standard InChI is InChI=1S/C18H19NO5/c1-18(2)23-16(21)14(17(22)24-18)11-12-5-7-13(8-6-12)15(20)19-9-3-4-10-19/h5-8,11H,3-4,9-10H2,1-2H3. The van der Waals surface area contributed by atoms with Gasteiger partial charge < -0.3 is 14.4 Å². The average molecular weight is 329 g/mol. The van der Waals surface area contributed by atoms with E-state index in [9.17, 15) is 14.4 Å². The van der Waals surface area contributed by atoms with Crippen LogP contribution in [0.3, 0.4) is 0 Å². The summed E-state index contributed by atoms with van der Waals surface area (Å²) in [5.74, 6) is -2.68. The summed E-state index contributed by atoms with van der Waals surface area (Å²) in [4.78, 5) is 38.0. The second-order valence-electron chi connectivity index (χ2n) is 6.36. The molecule has 1 amide bonds. The van der Waals surface area contributed by atoms with Crippen molar-refractivity contribution in [2.75, 3.05) is 13.1 Å². The molecule has 0 aliphatic carbocycles. The highest BCUT2D eigenvalue weighted by Crippen LogP contribution is 2.24. The van der Waals surface area contributed by atoms with Gasteiger partial charge in [0.25, 0.3) is 11.7 Å². The first-order valence-corrected chi connectivity index (χ1v) is 7.93. The molecule has 1 aromatic carbocycles. The van der Waals surface area contributed by atoms with Crippen LogP contribution in [0.15, 0.2) is 29.8 Å². The van der Waals surface area contributed by atoms with Crippen LogP contribution in [0.1, 0.15) is 42.6 Å². The molecular formula is C18H19NO5. The highest BCUT2D eigenvalue weighted by molar-refractivity contribution is 6.18. The van der Waals surface area contributed by atoms with E-state index in [1.54, 1.807) is 24.3 Å². The van der Waals surface area contributed by atoms with Gasteiger partial charge in [-0.25, -0.2) is 9.59 Å². The van der Waals surface area contributed by atoms with Gasteiger partial charge in [0.2, 0.25) is 0 Å². The number of carbonyl (C=O) groups is 3. The molecule has 2 fully saturated rings. The first-order chi connectivity index (χ1) is 11.4. The van der Waals surface area contributed by atoms with Crippen LogP contribution in [0.4, 0.5) is 0 Å². The van der Waals surface area contributed by atoms with Crippen molar-refractivity contribution in [3.63, 3.8) is 0 Å². The Bertz CT molecular complexity index is 689. The molecule has 0 saturated carbocycles. The minimum absolute atomic E-state index is 0.00457. The number of likely N-dealkylation sites (tertiary alicyclic amines) is 1. The van der Waals surface area contributed by atoms with Gasteiger partial charge in [0.1, 0.15) is 5.57 Å². The van der Waals surface area contributed by atoms with E-state index in [1.165, 1.54) is 19.9 Å². The Hall–Kier alpha value is -2.63. The molecule has 0 bridgehead atoms. The molecule has 126 valence electrons. The van der Waals surface area contributed by atoms with E-state index < -0.39 is 17.7 Å². The smallest absolute Gasteiger partial charge is 0.348 e. The van der Waals surface area contributed by atoms with Crippen molar-refractivity contribution in [2.45, 2.75) is 32.5 Å². The van der Waals surface area contributed by atoms with Crippen LogP contribution >= 0.6 is 0 Å². The van der Waals surface area contributed by atoms with Gasteiger partial charge in [-0.15, -0.1) is 0 Å². The number of rotatable bonds is 2. The third kappa shape index (κ3) is 3.32. The van der Waals surface area contributed by atoms with Crippen molar-refractivity contribution in [3.05, 3.63) is 41.0 Å². The lowest BCUT2D eigenvalue weighted by molar-refractivity contribution is -0.222. The molecule has 24 heavy (non-hydrogen) atoms. The normalized spacial score (nSPS) is 19.8. The molecule has 0 spiro atoms. The zero-order valence-corrected chi connectivity index (χ0v) is 13.7. The maximum atomic E-state index is 12.3. The molecule has 3 rings (SSSR count). The zero-order valence-electron chi connectivity index (χ0n) is 13.7. The van der Waals surface area contributed by atoms with Crippen LogP contribution in [-0.4, -0.2) is 41.6 Å². The van der Waals surface area contributed by atoms with Gasteiger partial charge in [0.15, 0.2) is 0 Å². The molecule has 1 aromatic rings. The number of benzene rings is 1. The van der Waals surface area contributed by atoms with Crippen molar-refractivity contribution in [1.29, 1.82) is 0 Å². The summed E-state index contributed by atoms with van der Waals surface area (Å²) in [5.41, 5.74) is 1.05. The van der Waals surface area contributed by atoms with Crippen molar-refractivity contribution in [2.24, 2.45) is 0 Å². The van der Waals surface area contributed by atoms with Gasteiger partial charge in [-0.3, -0.25) is 4.79 Å². The molecule has 2 heterocycles. The molecule has 0 atom stereocenters. The molecule has 2 aliphatic rings. The number of hydrogen-bond acceptors (Lipinski definition) is 5. The van der Waals surface area contributed by atoms with Crippen molar-refractivity contribution in [3.8, 4) is 0 Å². The van der Waals surface area contributed by atoms with Gasteiger partial charge in [-0.1, -0.05) is 12.1 Å². The van der Waals surface area contributed by atoms with E-state index in [0.29, 0.717) is 11.1 Å². The third-order valence-corrected chi connectivity index (χ3v) is 3.98. The quantitative estimate of drug-likeness (QED) is 0.472. The number of cyclic esters (lactones) is 2. The van der Waals surface area contributed by atoms with Crippen LogP contribution in [0.2, 0.25) is 0 Å². The molecule has 0 aromatic heterocycles. The topological polar surface area (TPSA) is 72.9 Å². The molecule has 0 unspecified atom stereocenters. The Morgan fingerprint density at radius 3 is 2.12 bits per heavy atom. The van der Waals surface area contributed by atoms with E-state index in [2.05, 4.69) is 0 Å². The minimum atomic E-state index is -1.25. The summed E-state index contributed by atoms with van der Waals surface area (Å²) in [6.07, 6.45) is 3.48. The molecule has 0 radical (unpaired) electrons. The second-order valence-corrected chi connectivity index (χ2v) is 6.36. The van der Waals surface area contributed by atoms with E-state index >= 15 is 0 Å². The van der Waals surface area contributed by atoms with Crippen molar-refractivity contribution >= 4 is 23.9 Å². The fourth-order valence-electron chi connectivity index (χ4n) is 2.77. The lowest BCUT2D eigenvalue weighted by atomic mass is 10.1. The lowest BCUT2D eigenvalue weighted by Crippen LogP contribution is -2.41. The van der Waals surface area contributed by atoms with Crippen LogP contribution in [0, 0.1) is 0 Å². The van der Waals surface area contributed by atoms with E-state index in [1.807, 2.05) is 4.90 Å². The largest absolute Gasteiger partial charge is 0.419 e. The highest BCUT2D eigenvalue weighted by Gasteiger charge is 2.38. The van der Waals surface area contributed by atoms with E-state index in [-0.39, 0.29) is 11.5 Å². The Labute approximate surface area is 140 Å². The maximum absolute atomic E-state index is 12.3. The average Bonchev–Trinajstić information content (AvgIpc) is 3.04. The van der Waals surface area contributed by atoms with Gasteiger partial charge >= 0.3 is 11.9 Å². The van der Waals surface area contributed by atoms with Crippen LogP contribution < -0.4 is 0 Å². The predicted octanol–water partition coefficient (Wildman–Crippen LogP) is 2.14. The summed E-state index contributed by atoms with van der Waals surface area (Å²) >= 11 is 0. The monoisotopic (exact) mass is 329 g/mol. The molecular weight excluding hydrogens is 310 g/mol.